The lowest BCUT2D eigenvalue weighted by atomic mass is 10.2. The molecule has 0 spiro atoms. The zero-order chi connectivity index (χ0) is 13.4. The predicted molar refractivity (Wildman–Crippen MR) is 76.6 cm³/mol. The zero-order valence-electron chi connectivity index (χ0n) is 10.4. The highest BCUT2D eigenvalue weighted by Crippen LogP contribution is 2.20. The Bertz CT molecular complexity index is 385. The first-order valence-electron chi connectivity index (χ1n) is 6.06. The van der Waals surface area contributed by atoms with Crippen LogP contribution in [0.1, 0.15) is 19.8 Å². The molecule has 0 aliphatic carbocycles. The highest BCUT2D eigenvalue weighted by atomic mass is 79.9. The van der Waals surface area contributed by atoms with Gasteiger partial charge in [-0.15, -0.1) is 0 Å². The molecule has 18 heavy (non-hydrogen) atoms. The second-order valence-electron chi connectivity index (χ2n) is 4.06. The number of carbonyl (C=O) groups excluding carboxylic acids is 1. The van der Waals surface area contributed by atoms with Gasteiger partial charge in [0.2, 0.25) is 5.91 Å². The Morgan fingerprint density at radius 3 is 2.83 bits per heavy atom. The number of aliphatic hydroxyl groups is 1. The van der Waals surface area contributed by atoms with Crippen molar-refractivity contribution in [1.29, 1.82) is 0 Å². The molecular formula is C13H19BrN2O2. The number of benzene rings is 1. The third-order valence-corrected chi connectivity index (χ3v) is 3.25. The van der Waals surface area contributed by atoms with Gasteiger partial charge in [-0.1, -0.05) is 19.1 Å². The average Bonchev–Trinajstić information content (AvgIpc) is 2.37. The van der Waals surface area contributed by atoms with Crippen molar-refractivity contribution in [3.05, 3.63) is 28.7 Å². The number of nitrogens with one attached hydrogen (secondary N) is 2. The van der Waals surface area contributed by atoms with E-state index in [1.807, 2.05) is 31.2 Å². The molecule has 4 nitrogen and oxygen atoms in total. The fourth-order valence-electron chi connectivity index (χ4n) is 1.43. The third kappa shape index (κ3) is 5.62. The van der Waals surface area contributed by atoms with Gasteiger partial charge in [-0.05, 0) is 47.4 Å². The number of carbonyl (C=O) groups is 1. The van der Waals surface area contributed by atoms with Gasteiger partial charge in [0, 0.05) is 4.47 Å². The summed E-state index contributed by atoms with van der Waals surface area (Å²) in [5, 5.41) is 15.2. The fourth-order valence-corrected chi connectivity index (χ4v) is 1.82. The van der Waals surface area contributed by atoms with Crippen molar-refractivity contribution in [3.8, 4) is 0 Å². The van der Waals surface area contributed by atoms with E-state index in [2.05, 4.69) is 26.6 Å². The molecule has 0 heterocycles. The second kappa shape index (κ2) is 8.24. The van der Waals surface area contributed by atoms with Crippen LogP contribution in [0.25, 0.3) is 0 Å². The number of aliphatic hydroxyl groups excluding tert-OH is 1. The molecule has 1 amide bonds. The molecule has 0 saturated heterocycles. The molecule has 0 radical (unpaired) electrons. The van der Waals surface area contributed by atoms with Crippen LogP contribution in [0.15, 0.2) is 28.7 Å². The molecule has 1 atom stereocenters. The standard InChI is InChI=1S/C13H19BrN2O2/c1-2-10(17)7-8-15-9-13(18)16-12-6-4-3-5-11(12)14/h3-6,10,15,17H,2,7-9H2,1H3,(H,16,18). The summed E-state index contributed by atoms with van der Waals surface area (Å²) in [4.78, 5) is 11.6. The van der Waals surface area contributed by atoms with Gasteiger partial charge in [0.1, 0.15) is 0 Å². The summed E-state index contributed by atoms with van der Waals surface area (Å²) in [5.41, 5.74) is 0.762. The molecule has 1 rings (SSSR count). The monoisotopic (exact) mass is 314 g/mol. The second-order valence-corrected chi connectivity index (χ2v) is 4.91. The van der Waals surface area contributed by atoms with Crippen LogP contribution < -0.4 is 10.6 Å². The first kappa shape index (κ1) is 15.1. The van der Waals surface area contributed by atoms with Gasteiger partial charge < -0.3 is 15.7 Å². The SMILES string of the molecule is CCC(O)CCNCC(=O)Nc1ccccc1Br. The summed E-state index contributed by atoms with van der Waals surface area (Å²) in [6.07, 6.45) is 1.12. The normalized spacial score (nSPS) is 12.2. The Hall–Kier alpha value is -0.910. The average molecular weight is 315 g/mol. The van der Waals surface area contributed by atoms with Crippen molar-refractivity contribution >= 4 is 27.5 Å². The lowest BCUT2D eigenvalue weighted by Crippen LogP contribution is -2.30. The van der Waals surface area contributed by atoms with Crippen LogP contribution in [0.5, 0.6) is 0 Å². The van der Waals surface area contributed by atoms with Crippen LogP contribution >= 0.6 is 15.9 Å². The number of para-hydroxylation sites is 1. The van der Waals surface area contributed by atoms with E-state index in [1.54, 1.807) is 0 Å². The quantitative estimate of drug-likeness (QED) is 0.676. The van der Waals surface area contributed by atoms with Crippen molar-refractivity contribution in [1.82, 2.24) is 5.32 Å². The van der Waals surface area contributed by atoms with Crippen molar-refractivity contribution in [2.75, 3.05) is 18.4 Å². The Kier molecular flexibility index (Phi) is 6.93. The minimum atomic E-state index is -0.288. The number of amides is 1. The van der Waals surface area contributed by atoms with Crippen molar-refractivity contribution in [2.45, 2.75) is 25.9 Å². The van der Waals surface area contributed by atoms with Crippen LogP contribution in [0, 0.1) is 0 Å². The van der Waals surface area contributed by atoms with E-state index in [4.69, 9.17) is 0 Å². The molecule has 100 valence electrons. The molecule has 0 saturated carbocycles. The lowest BCUT2D eigenvalue weighted by molar-refractivity contribution is -0.115. The molecule has 0 bridgehead atoms. The van der Waals surface area contributed by atoms with Gasteiger partial charge in [-0.25, -0.2) is 0 Å². The maximum absolute atomic E-state index is 11.6. The Morgan fingerprint density at radius 2 is 2.17 bits per heavy atom. The van der Waals surface area contributed by atoms with Gasteiger partial charge >= 0.3 is 0 Å². The highest BCUT2D eigenvalue weighted by Gasteiger charge is 2.05. The van der Waals surface area contributed by atoms with Crippen LogP contribution in [0.2, 0.25) is 0 Å². The fraction of sp³-hybridized carbons (Fsp3) is 0.462. The maximum Gasteiger partial charge on any atom is 0.238 e. The minimum absolute atomic E-state index is 0.0899. The van der Waals surface area contributed by atoms with E-state index in [9.17, 15) is 9.90 Å². The molecule has 3 N–H and O–H groups in total. The number of halogens is 1. The number of hydrogen-bond donors (Lipinski definition) is 3. The number of hydrogen-bond acceptors (Lipinski definition) is 3. The summed E-state index contributed by atoms with van der Waals surface area (Å²) in [7, 11) is 0. The number of anilines is 1. The van der Waals surface area contributed by atoms with E-state index in [0.717, 1.165) is 16.6 Å². The topological polar surface area (TPSA) is 61.4 Å². The summed E-state index contributed by atoms with van der Waals surface area (Å²) in [6.45, 7) is 2.82. The Labute approximate surface area is 116 Å². The van der Waals surface area contributed by atoms with E-state index in [1.165, 1.54) is 0 Å². The van der Waals surface area contributed by atoms with E-state index >= 15 is 0 Å². The molecule has 0 aliphatic rings. The van der Waals surface area contributed by atoms with Crippen molar-refractivity contribution in [2.24, 2.45) is 0 Å². The molecular weight excluding hydrogens is 296 g/mol. The van der Waals surface area contributed by atoms with Gasteiger partial charge in [-0.2, -0.15) is 0 Å². The molecule has 1 unspecified atom stereocenters. The van der Waals surface area contributed by atoms with Gasteiger partial charge in [-0.3, -0.25) is 4.79 Å². The molecule has 0 aromatic heterocycles. The third-order valence-electron chi connectivity index (χ3n) is 2.56. The zero-order valence-corrected chi connectivity index (χ0v) is 12.0. The summed E-state index contributed by atoms with van der Waals surface area (Å²) in [5.74, 6) is -0.0899. The lowest BCUT2D eigenvalue weighted by Gasteiger charge is -2.10. The molecule has 1 aromatic rings. The van der Waals surface area contributed by atoms with Gasteiger partial charge in [0.15, 0.2) is 0 Å². The Balaban J connectivity index is 2.24. The van der Waals surface area contributed by atoms with Crippen LogP contribution in [0.4, 0.5) is 5.69 Å². The highest BCUT2D eigenvalue weighted by molar-refractivity contribution is 9.10. The largest absolute Gasteiger partial charge is 0.393 e. The van der Waals surface area contributed by atoms with E-state index in [0.29, 0.717) is 13.0 Å². The maximum atomic E-state index is 11.6. The predicted octanol–water partition coefficient (Wildman–Crippen LogP) is 2.14. The first-order valence-corrected chi connectivity index (χ1v) is 6.86. The Morgan fingerprint density at radius 1 is 1.44 bits per heavy atom. The molecule has 5 heteroatoms. The number of rotatable bonds is 7. The minimum Gasteiger partial charge on any atom is -0.393 e. The summed E-state index contributed by atoms with van der Waals surface area (Å²) >= 11 is 3.37. The molecule has 1 aromatic carbocycles. The van der Waals surface area contributed by atoms with Gasteiger partial charge in [0.25, 0.3) is 0 Å². The van der Waals surface area contributed by atoms with Crippen LogP contribution in [-0.4, -0.2) is 30.2 Å². The smallest absolute Gasteiger partial charge is 0.238 e. The summed E-state index contributed by atoms with van der Waals surface area (Å²) < 4.78 is 0.861. The van der Waals surface area contributed by atoms with Crippen LogP contribution in [-0.2, 0) is 4.79 Å². The van der Waals surface area contributed by atoms with Crippen molar-refractivity contribution in [3.63, 3.8) is 0 Å². The van der Waals surface area contributed by atoms with E-state index in [-0.39, 0.29) is 18.6 Å². The molecule has 0 aliphatic heterocycles. The van der Waals surface area contributed by atoms with Crippen molar-refractivity contribution < 1.29 is 9.90 Å². The van der Waals surface area contributed by atoms with Crippen LogP contribution in [0.3, 0.4) is 0 Å². The van der Waals surface area contributed by atoms with E-state index < -0.39 is 0 Å². The molecule has 0 fully saturated rings. The van der Waals surface area contributed by atoms with Gasteiger partial charge in [0.05, 0.1) is 18.3 Å². The summed E-state index contributed by atoms with van der Waals surface area (Å²) in [6, 6.07) is 7.47. The first-order chi connectivity index (χ1) is 8.63.